The van der Waals surface area contributed by atoms with Crippen molar-refractivity contribution < 1.29 is 0 Å². The van der Waals surface area contributed by atoms with Crippen LogP contribution in [-0.4, -0.2) is 11.7 Å². The number of nitrogens with one attached hydrogen (secondary N) is 2. The highest BCUT2D eigenvalue weighted by atomic mass is 32.1. The molecule has 0 atom stereocenters. The van der Waals surface area contributed by atoms with Crippen molar-refractivity contribution in [3.63, 3.8) is 0 Å². The van der Waals surface area contributed by atoms with Gasteiger partial charge in [0.2, 0.25) is 0 Å². The summed E-state index contributed by atoms with van der Waals surface area (Å²) in [7, 11) is 0. The Morgan fingerprint density at radius 1 is 1.44 bits per heavy atom. The lowest BCUT2D eigenvalue weighted by molar-refractivity contribution is 0.905. The Morgan fingerprint density at radius 2 is 2.19 bits per heavy atom. The maximum Gasteiger partial charge on any atom is 0.170 e. The fourth-order valence-electron chi connectivity index (χ4n) is 1.27. The number of anilines is 1. The van der Waals surface area contributed by atoms with Crippen LogP contribution in [0.3, 0.4) is 0 Å². The number of thiocarbonyl (C=S) groups is 1. The minimum Gasteiger partial charge on any atom is -0.361 e. The normalized spacial score (nSPS) is 9.31. The molecule has 0 radical (unpaired) electrons. The predicted octanol–water partition coefficient (Wildman–Crippen LogP) is 2.50. The first-order chi connectivity index (χ1) is 7.63. The highest BCUT2D eigenvalue weighted by molar-refractivity contribution is 7.80. The van der Waals surface area contributed by atoms with Crippen molar-refractivity contribution in [1.82, 2.24) is 5.32 Å². The smallest absolute Gasteiger partial charge is 0.170 e. The van der Waals surface area contributed by atoms with Crippen LogP contribution in [0.5, 0.6) is 0 Å². The first kappa shape index (κ1) is 12.5. The van der Waals surface area contributed by atoms with Crippen molar-refractivity contribution in [2.45, 2.75) is 20.3 Å². The minimum atomic E-state index is 0.453. The third kappa shape index (κ3) is 3.87. The molecule has 0 aliphatic rings. The molecule has 0 heterocycles. The van der Waals surface area contributed by atoms with E-state index in [1.807, 2.05) is 19.9 Å². The van der Waals surface area contributed by atoms with Gasteiger partial charge >= 0.3 is 0 Å². The second kappa shape index (κ2) is 6.09. The van der Waals surface area contributed by atoms with Gasteiger partial charge in [-0.3, -0.25) is 0 Å². The van der Waals surface area contributed by atoms with Gasteiger partial charge in [-0.25, -0.2) is 0 Å². The van der Waals surface area contributed by atoms with Crippen molar-refractivity contribution >= 4 is 23.0 Å². The third-order valence-corrected chi connectivity index (χ3v) is 2.41. The second-order valence-corrected chi connectivity index (χ2v) is 4.02. The molecule has 0 saturated carbocycles. The fourth-order valence-corrected chi connectivity index (χ4v) is 1.48. The summed E-state index contributed by atoms with van der Waals surface area (Å²) in [6, 6.07) is 8.22. The molecule has 0 aliphatic carbocycles. The van der Waals surface area contributed by atoms with Crippen LogP contribution in [0.15, 0.2) is 18.2 Å². The van der Waals surface area contributed by atoms with Crippen molar-refractivity contribution in [2.75, 3.05) is 11.9 Å². The zero-order valence-electron chi connectivity index (χ0n) is 9.50. The van der Waals surface area contributed by atoms with Gasteiger partial charge in [0.15, 0.2) is 5.11 Å². The molecule has 1 rings (SSSR count). The van der Waals surface area contributed by atoms with E-state index in [2.05, 4.69) is 28.8 Å². The fraction of sp³-hybridized carbons (Fsp3) is 0.333. The van der Waals surface area contributed by atoms with Crippen LogP contribution in [0.25, 0.3) is 0 Å². The third-order valence-electron chi connectivity index (χ3n) is 2.16. The van der Waals surface area contributed by atoms with E-state index in [0.29, 0.717) is 18.1 Å². The molecular weight excluding hydrogens is 218 g/mol. The van der Waals surface area contributed by atoms with E-state index in [1.165, 1.54) is 5.56 Å². The number of hydrogen-bond acceptors (Lipinski definition) is 2. The van der Waals surface area contributed by atoms with Gasteiger partial charge in [0.25, 0.3) is 0 Å². The average molecular weight is 233 g/mol. The first-order valence-electron chi connectivity index (χ1n) is 5.12. The topological polar surface area (TPSA) is 47.8 Å². The zero-order chi connectivity index (χ0) is 12.0. The van der Waals surface area contributed by atoms with Gasteiger partial charge in [0.1, 0.15) is 0 Å². The van der Waals surface area contributed by atoms with Crippen molar-refractivity contribution in [3.8, 4) is 6.07 Å². The summed E-state index contributed by atoms with van der Waals surface area (Å²) in [4.78, 5) is 0. The summed E-state index contributed by atoms with van der Waals surface area (Å²) in [5.74, 6) is 0. The lowest BCUT2D eigenvalue weighted by Crippen LogP contribution is -2.29. The van der Waals surface area contributed by atoms with Gasteiger partial charge in [0, 0.05) is 12.2 Å². The molecule has 0 saturated heterocycles. The Morgan fingerprint density at radius 3 is 2.88 bits per heavy atom. The van der Waals surface area contributed by atoms with Gasteiger partial charge in [-0.05, 0) is 43.3 Å². The van der Waals surface area contributed by atoms with Gasteiger partial charge in [-0.2, -0.15) is 5.26 Å². The van der Waals surface area contributed by atoms with Crippen LogP contribution in [0.4, 0.5) is 5.69 Å². The van der Waals surface area contributed by atoms with Gasteiger partial charge in [0.05, 0.1) is 12.5 Å². The molecule has 0 spiro atoms. The summed E-state index contributed by atoms with van der Waals surface area (Å²) in [5, 5.41) is 15.1. The van der Waals surface area contributed by atoms with Gasteiger partial charge < -0.3 is 10.6 Å². The Hall–Kier alpha value is -1.60. The summed E-state index contributed by atoms with van der Waals surface area (Å²) in [5.41, 5.74) is 3.34. The maximum atomic E-state index is 8.40. The van der Waals surface area contributed by atoms with Crippen LogP contribution in [-0.2, 0) is 0 Å². The van der Waals surface area contributed by atoms with E-state index in [-0.39, 0.29) is 0 Å². The largest absolute Gasteiger partial charge is 0.361 e. The SMILES string of the molecule is Cc1ccc(C)c(NC(=S)NCCC#N)c1. The highest BCUT2D eigenvalue weighted by Gasteiger charge is 2.00. The molecule has 0 fully saturated rings. The van der Waals surface area contributed by atoms with Crippen LogP contribution >= 0.6 is 12.2 Å². The highest BCUT2D eigenvalue weighted by Crippen LogP contribution is 2.15. The Bertz CT molecular complexity index is 421. The Kier molecular flexibility index (Phi) is 4.74. The second-order valence-electron chi connectivity index (χ2n) is 3.61. The maximum absolute atomic E-state index is 8.40. The summed E-state index contributed by atoms with van der Waals surface area (Å²) < 4.78 is 0. The molecule has 16 heavy (non-hydrogen) atoms. The van der Waals surface area contributed by atoms with E-state index in [0.717, 1.165) is 11.3 Å². The molecule has 0 unspecified atom stereocenters. The Balaban J connectivity index is 2.56. The van der Waals surface area contributed by atoms with E-state index < -0.39 is 0 Å². The Labute approximate surface area is 101 Å². The van der Waals surface area contributed by atoms with Crippen molar-refractivity contribution in [2.24, 2.45) is 0 Å². The monoisotopic (exact) mass is 233 g/mol. The molecule has 0 aromatic heterocycles. The molecular formula is C12H15N3S. The van der Waals surface area contributed by atoms with E-state index in [1.54, 1.807) is 0 Å². The van der Waals surface area contributed by atoms with Crippen LogP contribution < -0.4 is 10.6 Å². The molecule has 1 aromatic carbocycles. The van der Waals surface area contributed by atoms with Crippen LogP contribution in [0.1, 0.15) is 17.5 Å². The van der Waals surface area contributed by atoms with Gasteiger partial charge in [-0.1, -0.05) is 12.1 Å². The molecule has 1 aromatic rings. The number of aryl methyl sites for hydroxylation is 2. The summed E-state index contributed by atoms with van der Waals surface area (Å²) >= 11 is 5.12. The number of nitrogens with zero attached hydrogens (tertiary/aromatic N) is 1. The van der Waals surface area contributed by atoms with Crippen molar-refractivity contribution in [1.29, 1.82) is 5.26 Å². The summed E-state index contributed by atoms with van der Waals surface area (Å²) in [6.45, 7) is 4.64. The van der Waals surface area contributed by atoms with Crippen LogP contribution in [0, 0.1) is 25.2 Å². The number of rotatable bonds is 3. The van der Waals surface area contributed by atoms with E-state index >= 15 is 0 Å². The number of nitriles is 1. The molecule has 84 valence electrons. The average Bonchev–Trinajstić information content (AvgIpc) is 2.24. The number of hydrogen-bond donors (Lipinski definition) is 2. The molecule has 3 nitrogen and oxygen atoms in total. The molecule has 0 aliphatic heterocycles. The summed E-state index contributed by atoms with van der Waals surface area (Å²) in [6.07, 6.45) is 0.453. The lowest BCUT2D eigenvalue weighted by Gasteiger charge is -2.12. The predicted molar refractivity (Wildman–Crippen MR) is 70.4 cm³/mol. The van der Waals surface area contributed by atoms with Crippen LogP contribution in [0.2, 0.25) is 0 Å². The van der Waals surface area contributed by atoms with Crippen molar-refractivity contribution in [3.05, 3.63) is 29.3 Å². The first-order valence-corrected chi connectivity index (χ1v) is 5.53. The zero-order valence-corrected chi connectivity index (χ0v) is 10.3. The minimum absolute atomic E-state index is 0.453. The quantitative estimate of drug-likeness (QED) is 0.622. The number of benzene rings is 1. The van der Waals surface area contributed by atoms with E-state index in [4.69, 9.17) is 17.5 Å². The van der Waals surface area contributed by atoms with Gasteiger partial charge in [-0.15, -0.1) is 0 Å². The standard InChI is InChI=1S/C12H15N3S/c1-9-4-5-10(2)11(8-9)15-12(16)14-7-3-6-13/h4-5,8H,3,7H2,1-2H3,(H2,14,15,16). The van der Waals surface area contributed by atoms with E-state index in [9.17, 15) is 0 Å². The molecule has 4 heteroatoms. The lowest BCUT2D eigenvalue weighted by atomic mass is 10.1. The molecule has 0 amide bonds. The molecule has 0 bridgehead atoms. The molecule has 2 N–H and O–H groups in total.